The molecule has 0 N–H and O–H groups in total. The molecule has 1 fully saturated rings. The van der Waals surface area contributed by atoms with Gasteiger partial charge in [0.15, 0.2) is 6.61 Å². The average molecular weight is 417 g/mol. The van der Waals surface area contributed by atoms with Crippen LogP contribution in [0, 0.1) is 13.8 Å². The molecular weight excluding hydrogens is 394 g/mol. The Hall–Kier alpha value is -2.78. The molecule has 1 aliphatic heterocycles. The summed E-state index contributed by atoms with van der Waals surface area (Å²) in [5, 5.41) is 0. The first kappa shape index (κ1) is 20.9. The maximum Gasteiger partial charge on any atom is 0.338 e. The number of ether oxygens (including phenoxy) is 1. The van der Waals surface area contributed by atoms with E-state index in [4.69, 9.17) is 4.74 Å². The molecule has 3 rings (SSSR count). The number of carbonyl (C=O) groups excluding carboxylic acids is 2. The molecule has 1 aromatic carbocycles. The summed E-state index contributed by atoms with van der Waals surface area (Å²) in [6.45, 7) is 4.11. The Bertz CT molecular complexity index is 1000. The summed E-state index contributed by atoms with van der Waals surface area (Å²) >= 11 is 0. The number of aromatic nitrogens is 1. The lowest BCUT2D eigenvalue weighted by atomic mass is 10.2. The maximum absolute atomic E-state index is 13.0. The first-order valence-corrected chi connectivity index (χ1v) is 10.7. The SMILES string of the molecule is Cc1ccc(C)c(S(=O)(=O)N2CCN(C(=O)COC(=O)c3ccncc3)CC2)c1. The third kappa shape index (κ3) is 4.80. The Balaban J connectivity index is 1.56. The first-order valence-electron chi connectivity index (χ1n) is 9.21. The highest BCUT2D eigenvalue weighted by Crippen LogP contribution is 2.22. The minimum Gasteiger partial charge on any atom is -0.452 e. The van der Waals surface area contributed by atoms with Gasteiger partial charge in [0.1, 0.15) is 0 Å². The van der Waals surface area contributed by atoms with Crippen molar-refractivity contribution >= 4 is 21.9 Å². The molecule has 8 nitrogen and oxygen atoms in total. The molecule has 2 heterocycles. The fourth-order valence-electron chi connectivity index (χ4n) is 3.09. The molecule has 1 aliphatic rings. The summed E-state index contributed by atoms with van der Waals surface area (Å²) in [4.78, 5) is 29.9. The number of sulfonamides is 1. The van der Waals surface area contributed by atoms with Crippen LogP contribution in [0.2, 0.25) is 0 Å². The number of pyridine rings is 1. The van der Waals surface area contributed by atoms with Gasteiger partial charge in [-0.25, -0.2) is 13.2 Å². The van der Waals surface area contributed by atoms with Crippen LogP contribution in [0.4, 0.5) is 0 Å². The third-order valence-corrected chi connectivity index (χ3v) is 6.84. The highest BCUT2D eigenvalue weighted by Gasteiger charge is 2.31. The average Bonchev–Trinajstić information content (AvgIpc) is 2.74. The van der Waals surface area contributed by atoms with Gasteiger partial charge in [0.2, 0.25) is 10.0 Å². The number of piperazine rings is 1. The van der Waals surface area contributed by atoms with Crippen molar-refractivity contribution in [3.63, 3.8) is 0 Å². The van der Waals surface area contributed by atoms with E-state index in [1.165, 1.54) is 33.7 Å². The van der Waals surface area contributed by atoms with E-state index >= 15 is 0 Å². The van der Waals surface area contributed by atoms with Crippen molar-refractivity contribution in [2.75, 3.05) is 32.8 Å². The molecule has 1 aromatic heterocycles. The van der Waals surface area contributed by atoms with Gasteiger partial charge in [-0.3, -0.25) is 9.78 Å². The second-order valence-corrected chi connectivity index (χ2v) is 8.77. The smallest absolute Gasteiger partial charge is 0.338 e. The zero-order valence-electron chi connectivity index (χ0n) is 16.4. The van der Waals surface area contributed by atoms with Crippen molar-refractivity contribution < 1.29 is 22.7 Å². The largest absolute Gasteiger partial charge is 0.452 e. The highest BCUT2D eigenvalue weighted by atomic mass is 32.2. The number of carbonyl (C=O) groups is 2. The lowest BCUT2D eigenvalue weighted by Gasteiger charge is -2.34. The zero-order valence-corrected chi connectivity index (χ0v) is 17.2. The number of benzene rings is 1. The molecule has 1 amide bonds. The third-order valence-electron chi connectivity index (χ3n) is 4.80. The van der Waals surface area contributed by atoms with Crippen LogP contribution in [-0.2, 0) is 19.6 Å². The summed E-state index contributed by atoms with van der Waals surface area (Å²) in [5.74, 6) is -0.951. The molecule has 0 saturated carbocycles. The van der Waals surface area contributed by atoms with Crippen LogP contribution >= 0.6 is 0 Å². The topological polar surface area (TPSA) is 96.9 Å². The summed E-state index contributed by atoms with van der Waals surface area (Å²) in [6.07, 6.45) is 2.93. The Morgan fingerprint density at radius 1 is 1.03 bits per heavy atom. The van der Waals surface area contributed by atoms with Gasteiger partial charge in [0.25, 0.3) is 5.91 Å². The minimum absolute atomic E-state index is 0.194. The van der Waals surface area contributed by atoms with E-state index in [0.29, 0.717) is 16.0 Å². The normalized spacial score (nSPS) is 15.2. The molecule has 9 heteroatoms. The van der Waals surface area contributed by atoms with Gasteiger partial charge in [0, 0.05) is 38.6 Å². The van der Waals surface area contributed by atoms with Crippen molar-refractivity contribution in [3.05, 3.63) is 59.4 Å². The number of hydrogen-bond acceptors (Lipinski definition) is 6. The van der Waals surface area contributed by atoms with Crippen molar-refractivity contribution in [3.8, 4) is 0 Å². The van der Waals surface area contributed by atoms with Crippen molar-refractivity contribution in [2.45, 2.75) is 18.7 Å². The lowest BCUT2D eigenvalue weighted by Crippen LogP contribution is -2.51. The van der Waals surface area contributed by atoms with Crippen molar-refractivity contribution in [1.29, 1.82) is 0 Å². The van der Waals surface area contributed by atoms with Crippen LogP contribution in [0.15, 0.2) is 47.6 Å². The van der Waals surface area contributed by atoms with Gasteiger partial charge in [-0.1, -0.05) is 12.1 Å². The van der Waals surface area contributed by atoms with E-state index in [1.807, 2.05) is 13.0 Å². The number of esters is 1. The predicted octanol–water partition coefficient (Wildman–Crippen LogP) is 1.39. The summed E-state index contributed by atoms with van der Waals surface area (Å²) in [5.41, 5.74) is 1.88. The van der Waals surface area contributed by atoms with Gasteiger partial charge in [-0.15, -0.1) is 0 Å². The number of nitrogens with zero attached hydrogens (tertiary/aromatic N) is 3. The molecule has 0 aliphatic carbocycles. The van der Waals surface area contributed by atoms with E-state index in [-0.39, 0.29) is 38.7 Å². The van der Waals surface area contributed by atoms with Crippen LogP contribution in [0.3, 0.4) is 0 Å². The lowest BCUT2D eigenvalue weighted by molar-refractivity contribution is -0.135. The zero-order chi connectivity index (χ0) is 21.0. The monoisotopic (exact) mass is 417 g/mol. The van der Waals surface area contributed by atoms with Gasteiger partial charge in [-0.05, 0) is 43.2 Å². The van der Waals surface area contributed by atoms with Gasteiger partial charge >= 0.3 is 5.97 Å². The minimum atomic E-state index is -3.62. The first-order chi connectivity index (χ1) is 13.8. The Morgan fingerprint density at radius 3 is 2.34 bits per heavy atom. The fourth-order valence-corrected chi connectivity index (χ4v) is 4.82. The van der Waals surface area contributed by atoms with Gasteiger partial charge in [-0.2, -0.15) is 4.31 Å². The molecule has 1 saturated heterocycles. The molecule has 2 aromatic rings. The van der Waals surface area contributed by atoms with Crippen LogP contribution in [-0.4, -0.2) is 67.3 Å². The van der Waals surface area contributed by atoms with Crippen LogP contribution in [0.25, 0.3) is 0 Å². The van der Waals surface area contributed by atoms with E-state index in [1.54, 1.807) is 19.1 Å². The molecule has 0 spiro atoms. The Kier molecular flexibility index (Phi) is 6.29. The quantitative estimate of drug-likeness (QED) is 0.682. The summed E-state index contributed by atoms with van der Waals surface area (Å²) in [7, 11) is -3.62. The van der Waals surface area contributed by atoms with E-state index in [9.17, 15) is 18.0 Å². The summed E-state index contributed by atoms with van der Waals surface area (Å²) in [6, 6.07) is 8.34. The number of amides is 1. The molecule has 0 unspecified atom stereocenters. The van der Waals surface area contributed by atoms with Crippen LogP contribution in [0.5, 0.6) is 0 Å². The fraction of sp³-hybridized carbons (Fsp3) is 0.350. The molecular formula is C20H23N3O5S. The second kappa shape index (κ2) is 8.71. The highest BCUT2D eigenvalue weighted by molar-refractivity contribution is 7.89. The predicted molar refractivity (Wildman–Crippen MR) is 106 cm³/mol. The Labute approximate surface area is 170 Å². The van der Waals surface area contributed by atoms with Gasteiger partial charge < -0.3 is 9.64 Å². The number of hydrogen-bond donors (Lipinski definition) is 0. The van der Waals surface area contributed by atoms with Crippen molar-refractivity contribution in [2.24, 2.45) is 0 Å². The van der Waals surface area contributed by atoms with Crippen molar-refractivity contribution in [1.82, 2.24) is 14.2 Å². The number of aryl methyl sites for hydroxylation is 2. The molecule has 0 radical (unpaired) electrons. The molecule has 0 atom stereocenters. The molecule has 29 heavy (non-hydrogen) atoms. The number of rotatable bonds is 5. The maximum atomic E-state index is 13.0. The van der Waals surface area contributed by atoms with E-state index in [2.05, 4.69) is 4.98 Å². The van der Waals surface area contributed by atoms with E-state index < -0.39 is 16.0 Å². The Morgan fingerprint density at radius 2 is 1.69 bits per heavy atom. The molecule has 0 bridgehead atoms. The standard InChI is InChI=1S/C20H23N3O5S/c1-15-3-4-16(2)18(13-15)29(26,27)23-11-9-22(10-12-23)19(24)14-28-20(25)17-5-7-21-8-6-17/h3-8,13H,9-12,14H2,1-2H3. The van der Waals surface area contributed by atoms with Crippen LogP contribution < -0.4 is 0 Å². The summed E-state index contributed by atoms with van der Waals surface area (Å²) < 4.78 is 32.3. The van der Waals surface area contributed by atoms with Gasteiger partial charge in [0.05, 0.1) is 10.5 Å². The molecule has 154 valence electrons. The van der Waals surface area contributed by atoms with E-state index in [0.717, 1.165) is 5.56 Å². The second-order valence-electron chi connectivity index (χ2n) is 6.87. The van der Waals surface area contributed by atoms with Crippen LogP contribution in [0.1, 0.15) is 21.5 Å².